The van der Waals surface area contributed by atoms with Crippen LogP contribution in [0, 0.1) is 0 Å². The van der Waals surface area contributed by atoms with E-state index >= 15 is 0 Å². The second kappa shape index (κ2) is 7.37. The van der Waals surface area contributed by atoms with Crippen LogP contribution in [0.4, 0.5) is 0 Å². The third kappa shape index (κ3) is 3.47. The minimum absolute atomic E-state index is 0.101. The molecule has 0 radical (unpaired) electrons. The fraction of sp³-hybridized carbons (Fsp3) is 0.600. The standard InChI is InChI=1S/C20H28N2O2/c1-16(23)22-14-12-20(13-15-22,17-8-4-2-5-9-17)19(24)21-18-10-6-3-7-11-18/h2,4-5,8-9,18H,3,6-7,10-15H2,1H3,(H,21,24). The molecular formula is C20H28N2O2. The van der Waals surface area contributed by atoms with Gasteiger partial charge in [-0.3, -0.25) is 9.59 Å². The van der Waals surface area contributed by atoms with E-state index in [1.807, 2.05) is 23.1 Å². The van der Waals surface area contributed by atoms with E-state index in [4.69, 9.17) is 0 Å². The maximum atomic E-state index is 13.3. The highest BCUT2D eigenvalue weighted by molar-refractivity contribution is 5.89. The smallest absolute Gasteiger partial charge is 0.231 e. The number of nitrogens with one attached hydrogen (secondary N) is 1. The van der Waals surface area contributed by atoms with Gasteiger partial charge in [0.1, 0.15) is 0 Å². The summed E-state index contributed by atoms with van der Waals surface area (Å²) in [6.45, 7) is 2.92. The van der Waals surface area contributed by atoms with E-state index in [9.17, 15) is 9.59 Å². The average molecular weight is 328 g/mol. The van der Waals surface area contributed by atoms with Crippen LogP contribution >= 0.6 is 0 Å². The van der Waals surface area contributed by atoms with Crippen LogP contribution in [-0.2, 0) is 15.0 Å². The molecular weight excluding hydrogens is 300 g/mol. The Kier molecular flexibility index (Phi) is 5.22. The number of likely N-dealkylation sites (tertiary alicyclic amines) is 1. The first-order valence-electron chi connectivity index (χ1n) is 9.24. The number of benzene rings is 1. The summed E-state index contributed by atoms with van der Waals surface area (Å²) in [6, 6.07) is 10.4. The molecule has 3 rings (SSSR count). The molecule has 24 heavy (non-hydrogen) atoms. The quantitative estimate of drug-likeness (QED) is 0.927. The number of nitrogens with zero attached hydrogens (tertiary/aromatic N) is 1. The molecule has 1 aliphatic heterocycles. The Morgan fingerprint density at radius 2 is 1.67 bits per heavy atom. The van der Waals surface area contributed by atoms with Crippen molar-refractivity contribution in [3.8, 4) is 0 Å². The number of rotatable bonds is 3. The fourth-order valence-corrected chi connectivity index (χ4v) is 4.18. The SMILES string of the molecule is CC(=O)N1CCC(C(=O)NC2CCCCC2)(c2ccccc2)CC1. The summed E-state index contributed by atoms with van der Waals surface area (Å²) in [4.78, 5) is 26.8. The molecule has 1 aliphatic carbocycles. The minimum Gasteiger partial charge on any atom is -0.353 e. The zero-order valence-corrected chi connectivity index (χ0v) is 14.6. The zero-order chi connectivity index (χ0) is 17.0. The van der Waals surface area contributed by atoms with Gasteiger partial charge in [0.05, 0.1) is 5.41 Å². The Morgan fingerprint density at radius 3 is 2.25 bits per heavy atom. The summed E-state index contributed by atoms with van der Waals surface area (Å²) in [5.74, 6) is 0.258. The van der Waals surface area contributed by atoms with Crippen molar-refractivity contribution in [3.63, 3.8) is 0 Å². The molecule has 1 aromatic carbocycles. The van der Waals surface area contributed by atoms with Gasteiger partial charge in [0.2, 0.25) is 11.8 Å². The van der Waals surface area contributed by atoms with Crippen LogP contribution in [0.2, 0.25) is 0 Å². The molecule has 2 fully saturated rings. The van der Waals surface area contributed by atoms with Crippen molar-refractivity contribution in [2.45, 2.75) is 63.3 Å². The van der Waals surface area contributed by atoms with Gasteiger partial charge in [-0.2, -0.15) is 0 Å². The van der Waals surface area contributed by atoms with Crippen LogP contribution in [-0.4, -0.2) is 35.8 Å². The van der Waals surface area contributed by atoms with Crippen LogP contribution in [0.15, 0.2) is 30.3 Å². The fourth-order valence-electron chi connectivity index (χ4n) is 4.18. The molecule has 1 heterocycles. The van der Waals surface area contributed by atoms with Gasteiger partial charge in [-0.25, -0.2) is 0 Å². The van der Waals surface area contributed by atoms with Gasteiger partial charge in [-0.1, -0.05) is 49.6 Å². The number of hydrogen-bond acceptors (Lipinski definition) is 2. The number of amides is 2. The van der Waals surface area contributed by atoms with Gasteiger partial charge in [0.15, 0.2) is 0 Å². The Hall–Kier alpha value is -1.84. The zero-order valence-electron chi connectivity index (χ0n) is 14.6. The first kappa shape index (κ1) is 17.0. The van der Waals surface area contributed by atoms with Crippen LogP contribution in [0.3, 0.4) is 0 Å². The van der Waals surface area contributed by atoms with Crippen LogP contribution in [0.1, 0.15) is 57.4 Å². The molecule has 1 saturated heterocycles. The lowest BCUT2D eigenvalue weighted by Gasteiger charge is -2.41. The summed E-state index contributed by atoms with van der Waals surface area (Å²) < 4.78 is 0. The maximum absolute atomic E-state index is 13.3. The highest BCUT2D eigenvalue weighted by Gasteiger charge is 2.43. The van der Waals surface area contributed by atoms with Crippen molar-refractivity contribution in [2.24, 2.45) is 0 Å². The molecule has 0 spiro atoms. The molecule has 130 valence electrons. The Labute approximate surface area is 144 Å². The van der Waals surface area contributed by atoms with E-state index in [1.165, 1.54) is 19.3 Å². The third-order valence-corrected chi connectivity index (χ3v) is 5.76. The molecule has 1 N–H and O–H groups in total. The number of carbonyl (C=O) groups is 2. The number of carbonyl (C=O) groups excluding carboxylic acids is 2. The van der Waals surface area contributed by atoms with Crippen molar-refractivity contribution in [3.05, 3.63) is 35.9 Å². The topological polar surface area (TPSA) is 49.4 Å². The van der Waals surface area contributed by atoms with Crippen LogP contribution in [0.5, 0.6) is 0 Å². The predicted octanol–water partition coefficient (Wildman–Crippen LogP) is 3.02. The van der Waals surface area contributed by atoms with Gasteiger partial charge in [-0.15, -0.1) is 0 Å². The summed E-state index contributed by atoms with van der Waals surface area (Å²) in [7, 11) is 0. The van der Waals surface area contributed by atoms with Crippen molar-refractivity contribution < 1.29 is 9.59 Å². The van der Waals surface area contributed by atoms with E-state index in [-0.39, 0.29) is 11.8 Å². The molecule has 1 saturated carbocycles. The van der Waals surface area contributed by atoms with Crippen molar-refractivity contribution in [1.29, 1.82) is 0 Å². The first-order chi connectivity index (χ1) is 11.6. The van der Waals surface area contributed by atoms with Gasteiger partial charge >= 0.3 is 0 Å². The normalized spacial score (nSPS) is 21.3. The Bertz CT molecular complexity index is 571. The number of hydrogen-bond donors (Lipinski definition) is 1. The molecule has 0 aromatic heterocycles. The largest absolute Gasteiger partial charge is 0.353 e. The van der Waals surface area contributed by atoms with Gasteiger partial charge in [-0.05, 0) is 31.2 Å². The third-order valence-electron chi connectivity index (χ3n) is 5.76. The van der Waals surface area contributed by atoms with Crippen molar-refractivity contribution >= 4 is 11.8 Å². The molecule has 2 amide bonds. The first-order valence-corrected chi connectivity index (χ1v) is 9.24. The van der Waals surface area contributed by atoms with Crippen LogP contribution in [0.25, 0.3) is 0 Å². The molecule has 4 nitrogen and oxygen atoms in total. The van der Waals surface area contributed by atoms with Gasteiger partial charge < -0.3 is 10.2 Å². The van der Waals surface area contributed by atoms with Crippen molar-refractivity contribution in [2.75, 3.05) is 13.1 Å². The molecule has 0 unspecified atom stereocenters. The van der Waals surface area contributed by atoms with Gasteiger partial charge in [0, 0.05) is 26.1 Å². The molecule has 1 aromatic rings. The number of piperidine rings is 1. The van der Waals surface area contributed by atoms with E-state index < -0.39 is 5.41 Å². The van der Waals surface area contributed by atoms with E-state index in [1.54, 1.807) is 6.92 Å². The summed E-state index contributed by atoms with van der Waals surface area (Å²) in [5.41, 5.74) is 0.589. The van der Waals surface area contributed by atoms with E-state index in [0.717, 1.165) is 18.4 Å². The second-order valence-electron chi connectivity index (χ2n) is 7.26. The summed E-state index contributed by atoms with van der Waals surface area (Å²) in [6.07, 6.45) is 7.29. The van der Waals surface area contributed by atoms with E-state index in [0.29, 0.717) is 32.0 Å². The summed E-state index contributed by atoms with van der Waals surface area (Å²) >= 11 is 0. The van der Waals surface area contributed by atoms with Crippen LogP contribution < -0.4 is 5.32 Å². The molecule has 4 heteroatoms. The average Bonchev–Trinajstić information content (AvgIpc) is 2.63. The lowest BCUT2D eigenvalue weighted by atomic mass is 9.71. The molecule has 2 aliphatic rings. The van der Waals surface area contributed by atoms with Crippen molar-refractivity contribution in [1.82, 2.24) is 10.2 Å². The Balaban J connectivity index is 1.80. The van der Waals surface area contributed by atoms with Gasteiger partial charge in [0.25, 0.3) is 0 Å². The maximum Gasteiger partial charge on any atom is 0.231 e. The Morgan fingerprint density at radius 1 is 1.04 bits per heavy atom. The highest BCUT2D eigenvalue weighted by Crippen LogP contribution is 2.36. The molecule has 0 atom stereocenters. The summed E-state index contributed by atoms with van der Waals surface area (Å²) in [5, 5.41) is 3.33. The highest BCUT2D eigenvalue weighted by atomic mass is 16.2. The minimum atomic E-state index is -0.495. The lowest BCUT2D eigenvalue weighted by molar-refractivity contribution is -0.135. The van der Waals surface area contributed by atoms with E-state index in [2.05, 4.69) is 17.4 Å². The molecule has 0 bridgehead atoms. The predicted molar refractivity (Wildman–Crippen MR) is 94.6 cm³/mol. The lowest BCUT2D eigenvalue weighted by Crippen LogP contribution is -2.54. The second-order valence-corrected chi connectivity index (χ2v) is 7.26. The monoisotopic (exact) mass is 328 g/mol.